The number of fused-ring (bicyclic) bond motifs is 1. The van der Waals surface area contributed by atoms with Gasteiger partial charge in [0.05, 0.1) is 17.8 Å². The highest BCUT2D eigenvalue weighted by molar-refractivity contribution is 7.11. The molecule has 2 aliphatic rings. The first-order valence-electron chi connectivity index (χ1n) is 6.86. The summed E-state index contributed by atoms with van der Waals surface area (Å²) in [6, 6.07) is 0.369. The minimum absolute atomic E-state index is 0.159. The molecule has 0 spiro atoms. The molecule has 0 aromatic carbocycles. The number of thiazole rings is 1. The lowest BCUT2D eigenvalue weighted by Crippen LogP contribution is -2.46. The first-order chi connectivity index (χ1) is 9.14. The molecule has 104 valence electrons. The summed E-state index contributed by atoms with van der Waals surface area (Å²) in [6.07, 6.45) is 6.31. The molecule has 0 radical (unpaired) electrons. The molecule has 1 saturated carbocycles. The maximum absolute atomic E-state index is 12.5. The lowest BCUT2D eigenvalue weighted by atomic mass is 9.71. The standard InChI is InChI=1S/C14H20N2O2S/c1-14-5-6-16(13(17)11-8-15-9-19-11)12(14)4-3-10(7-14)18-2/h8-10,12H,3-7H2,1-2H3/t10-,12-,14+/m1/s1. The van der Waals surface area contributed by atoms with Crippen LogP contribution in [0.3, 0.4) is 0 Å². The van der Waals surface area contributed by atoms with Crippen molar-refractivity contribution in [2.45, 2.75) is 44.8 Å². The predicted molar refractivity (Wildman–Crippen MR) is 74.3 cm³/mol. The van der Waals surface area contributed by atoms with Crippen molar-refractivity contribution in [1.82, 2.24) is 9.88 Å². The van der Waals surface area contributed by atoms with E-state index < -0.39 is 0 Å². The summed E-state index contributed by atoms with van der Waals surface area (Å²) in [5.41, 5.74) is 1.95. The summed E-state index contributed by atoms with van der Waals surface area (Å²) in [7, 11) is 1.80. The van der Waals surface area contributed by atoms with Gasteiger partial charge in [-0.3, -0.25) is 9.78 Å². The Labute approximate surface area is 117 Å². The normalized spacial score (nSPS) is 34.3. The van der Waals surface area contributed by atoms with Gasteiger partial charge in [0.25, 0.3) is 5.91 Å². The number of likely N-dealkylation sites (tertiary alicyclic amines) is 1. The van der Waals surface area contributed by atoms with Gasteiger partial charge in [0, 0.05) is 19.7 Å². The fraction of sp³-hybridized carbons (Fsp3) is 0.714. The maximum Gasteiger partial charge on any atom is 0.265 e. The predicted octanol–water partition coefficient (Wildman–Crippen LogP) is 2.56. The number of ether oxygens (including phenoxy) is 1. The summed E-state index contributed by atoms with van der Waals surface area (Å²) in [5, 5.41) is 0. The van der Waals surface area contributed by atoms with Crippen molar-refractivity contribution in [1.29, 1.82) is 0 Å². The van der Waals surface area contributed by atoms with Gasteiger partial charge in [-0.25, -0.2) is 0 Å². The van der Waals surface area contributed by atoms with Crippen LogP contribution in [-0.2, 0) is 4.74 Å². The van der Waals surface area contributed by atoms with Crippen molar-refractivity contribution >= 4 is 17.2 Å². The fourth-order valence-electron chi connectivity index (χ4n) is 3.69. The minimum Gasteiger partial charge on any atom is -0.381 e. The van der Waals surface area contributed by atoms with Crippen molar-refractivity contribution in [2.24, 2.45) is 5.41 Å². The molecular weight excluding hydrogens is 260 g/mol. The van der Waals surface area contributed by atoms with Gasteiger partial charge in [0.1, 0.15) is 4.88 Å². The van der Waals surface area contributed by atoms with Crippen LogP contribution in [0, 0.1) is 5.41 Å². The molecule has 2 heterocycles. The van der Waals surface area contributed by atoms with Gasteiger partial charge in [0.15, 0.2) is 0 Å². The first kappa shape index (κ1) is 13.1. The maximum atomic E-state index is 12.5. The van der Waals surface area contributed by atoms with Gasteiger partial charge >= 0.3 is 0 Å². The zero-order valence-corrected chi connectivity index (χ0v) is 12.3. The number of hydrogen-bond donors (Lipinski definition) is 0. The van der Waals surface area contributed by atoms with Crippen LogP contribution in [0.1, 0.15) is 42.3 Å². The Bertz CT molecular complexity index is 462. The SMILES string of the molecule is CO[C@@H]1CC[C@H]2N(C(=O)c3cncs3)CC[C@@]2(C)C1. The Kier molecular flexibility index (Phi) is 3.35. The number of nitrogens with zero attached hydrogens (tertiary/aromatic N) is 2. The van der Waals surface area contributed by atoms with Gasteiger partial charge < -0.3 is 9.64 Å². The summed E-state index contributed by atoms with van der Waals surface area (Å²) < 4.78 is 5.52. The second-order valence-electron chi connectivity index (χ2n) is 5.92. The van der Waals surface area contributed by atoms with Crippen molar-refractivity contribution in [3.63, 3.8) is 0 Å². The average Bonchev–Trinajstić information content (AvgIpc) is 3.04. The van der Waals surface area contributed by atoms with Crippen LogP contribution in [0.15, 0.2) is 11.7 Å². The number of rotatable bonds is 2. The number of carbonyl (C=O) groups is 1. The molecule has 19 heavy (non-hydrogen) atoms. The van der Waals surface area contributed by atoms with E-state index in [2.05, 4.69) is 16.8 Å². The monoisotopic (exact) mass is 280 g/mol. The molecule has 1 amide bonds. The first-order valence-corrected chi connectivity index (χ1v) is 7.74. The van der Waals surface area contributed by atoms with Gasteiger partial charge in [-0.15, -0.1) is 11.3 Å². The zero-order chi connectivity index (χ0) is 13.5. The van der Waals surface area contributed by atoms with Crippen molar-refractivity contribution < 1.29 is 9.53 Å². The third kappa shape index (κ3) is 2.19. The molecule has 1 aliphatic heterocycles. The van der Waals surface area contributed by atoms with Crippen LogP contribution in [0.5, 0.6) is 0 Å². The summed E-state index contributed by atoms with van der Waals surface area (Å²) in [6.45, 7) is 3.18. The van der Waals surface area contributed by atoms with Crippen LogP contribution in [0.2, 0.25) is 0 Å². The molecule has 0 unspecified atom stereocenters. The lowest BCUT2D eigenvalue weighted by Gasteiger charge is -2.42. The van der Waals surface area contributed by atoms with Crippen molar-refractivity contribution in [3.8, 4) is 0 Å². The van der Waals surface area contributed by atoms with E-state index in [1.807, 2.05) is 0 Å². The van der Waals surface area contributed by atoms with Crippen molar-refractivity contribution in [3.05, 3.63) is 16.6 Å². The third-order valence-electron chi connectivity index (χ3n) is 4.80. The number of methoxy groups -OCH3 is 1. The van der Waals surface area contributed by atoms with E-state index in [-0.39, 0.29) is 11.3 Å². The Morgan fingerprint density at radius 3 is 3.11 bits per heavy atom. The lowest BCUT2D eigenvalue weighted by molar-refractivity contribution is -0.00268. The van der Waals surface area contributed by atoms with E-state index in [1.54, 1.807) is 18.8 Å². The largest absolute Gasteiger partial charge is 0.381 e. The number of aromatic nitrogens is 1. The summed E-state index contributed by atoms with van der Waals surface area (Å²) in [5.74, 6) is 0.159. The van der Waals surface area contributed by atoms with E-state index >= 15 is 0 Å². The molecule has 5 heteroatoms. The van der Waals surface area contributed by atoms with E-state index in [1.165, 1.54) is 11.3 Å². The van der Waals surface area contributed by atoms with E-state index in [0.29, 0.717) is 12.1 Å². The fourth-order valence-corrected chi connectivity index (χ4v) is 4.27. The highest BCUT2D eigenvalue weighted by Gasteiger charge is 2.49. The van der Waals surface area contributed by atoms with Crippen LogP contribution in [-0.4, -0.2) is 41.6 Å². The van der Waals surface area contributed by atoms with E-state index in [4.69, 9.17) is 4.74 Å². The van der Waals surface area contributed by atoms with E-state index in [9.17, 15) is 4.79 Å². The Hall–Kier alpha value is -0.940. The smallest absolute Gasteiger partial charge is 0.265 e. The van der Waals surface area contributed by atoms with Crippen LogP contribution in [0.4, 0.5) is 0 Å². The topological polar surface area (TPSA) is 42.4 Å². The molecule has 3 rings (SSSR count). The van der Waals surface area contributed by atoms with Crippen LogP contribution >= 0.6 is 11.3 Å². The molecule has 1 saturated heterocycles. The van der Waals surface area contributed by atoms with Crippen LogP contribution < -0.4 is 0 Å². The molecule has 4 nitrogen and oxygen atoms in total. The summed E-state index contributed by atoms with van der Waals surface area (Å²) >= 11 is 1.43. The van der Waals surface area contributed by atoms with Crippen molar-refractivity contribution in [2.75, 3.05) is 13.7 Å². The molecule has 2 fully saturated rings. The van der Waals surface area contributed by atoms with Gasteiger partial charge in [0.2, 0.25) is 0 Å². The quantitative estimate of drug-likeness (QED) is 0.836. The molecule has 0 bridgehead atoms. The minimum atomic E-state index is 0.159. The molecule has 1 aromatic heterocycles. The molecule has 1 aromatic rings. The third-order valence-corrected chi connectivity index (χ3v) is 5.56. The molecule has 3 atom stereocenters. The average molecular weight is 280 g/mol. The second-order valence-corrected chi connectivity index (χ2v) is 6.81. The number of carbonyl (C=O) groups excluding carboxylic acids is 1. The highest BCUT2D eigenvalue weighted by atomic mass is 32.1. The highest BCUT2D eigenvalue weighted by Crippen LogP contribution is 2.47. The molecule has 1 aliphatic carbocycles. The summed E-state index contributed by atoms with van der Waals surface area (Å²) in [4.78, 5) is 19.4. The van der Waals surface area contributed by atoms with E-state index in [0.717, 1.165) is 37.1 Å². The zero-order valence-electron chi connectivity index (χ0n) is 11.5. The van der Waals surface area contributed by atoms with Gasteiger partial charge in [-0.1, -0.05) is 6.92 Å². The molecular formula is C14H20N2O2S. The van der Waals surface area contributed by atoms with Gasteiger partial charge in [-0.05, 0) is 31.1 Å². The Morgan fingerprint density at radius 2 is 2.42 bits per heavy atom. The molecule has 0 N–H and O–H groups in total. The van der Waals surface area contributed by atoms with Gasteiger partial charge in [-0.2, -0.15) is 0 Å². The Balaban J connectivity index is 1.78. The number of hydrogen-bond acceptors (Lipinski definition) is 4. The van der Waals surface area contributed by atoms with Crippen LogP contribution in [0.25, 0.3) is 0 Å². The Morgan fingerprint density at radius 1 is 1.58 bits per heavy atom. The number of amides is 1. The second kappa shape index (κ2) is 4.87.